The zero-order chi connectivity index (χ0) is 12.6. The largest absolute Gasteiger partial charge is 0.507 e. The van der Waals surface area contributed by atoms with Crippen molar-refractivity contribution in [3.8, 4) is 11.5 Å². The second-order valence-electron chi connectivity index (χ2n) is 3.96. The minimum atomic E-state index is -0.936. The number of ether oxygens (including phenoxy) is 2. The highest BCUT2D eigenvalue weighted by Gasteiger charge is 2.35. The Balaban J connectivity index is 2.57. The van der Waals surface area contributed by atoms with E-state index in [1.165, 1.54) is 20.3 Å². The van der Waals surface area contributed by atoms with Crippen LogP contribution in [0.4, 0.5) is 0 Å². The summed E-state index contributed by atoms with van der Waals surface area (Å²) >= 11 is 0. The molecule has 0 saturated carbocycles. The lowest BCUT2D eigenvalue weighted by Gasteiger charge is -2.28. The Bertz CT molecular complexity index is 454. The number of aliphatic hydroxyl groups is 1. The number of Topliss-reactive ketones (excluding diaryl/α,β-unsaturated/α-hetero) is 1. The lowest BCUT2D eigenvalue weighted by atomic mass is 9.85. The third kappa shape index (κ3) is 1.87. The highest BCUT2D eigenvalue weighted by molar-refractivity contribution is 6.01. The van der Waals surface area contributed by atoms with Crippen molar-refractivity contribution in [2.45, 2.75) is 18.6 Å². The van der Waals surface area contributed by atoms with Gasteiger partial charge in [-0.2, -0.15) is 0 Å². The molecule has 5 heteroatoms. The van der Waals surface area contributed by atoms with Crippen LogP contribution in [0.3, 0.4) is 0 Å². The minimum Gasteiger partial charge on any atom is -0.507 e. The quantitative estimate of drug-likeness (QED) is 0.805. The first-order valence-corrected chi connectivity index (χ1v) is 5.23. The summed E-state index contributed by atoms with van der Waals surface area (Å²) in [6.45, 7) is 0. The number of rotatable bonds is 2. The highest BCUT2D eigenvalue weighted by Crippen LogP contribution is 2.38. The van der Waals surface area contributed by atoms with Crippen LogP contribution in [0.15, 0.2) is 12.1 Å². The van der Waals surface area contributed by atoms with Gasteiger partial charge in [0.2, 0.25) is 0 Å². The molecular weight excluding hydrogens is 224 g/mol. The predicted molar refractivity (Wildman–Crippen MR) is 59.4 cm³/mol. The van der Waals surface area contributed by atoms with Gasteiger partial charge in [-0.1, -0.05) is 0 Å². The molecule has 0 unspecified atom stereocenters. The van der Waals surface area contributed by atoms with E-state index in [-0.39, 0.29) is 23.5 Å². The van der Waals surface area contributed by atoms with E-state index in [2.05, 4.69) is 0 Å². The SMILES string of the molecule is COc1cc(O)c2c(c1)[C@H](O)[C@@H](OC)CC2=O. The van der Waals surface area contributed by atoms with Gasteiger partial charge >= 0.3 is 0 Å². The number of fused-ring (bicyclic) bond motifs is 1. The predicted octanol–water partition coefficient (Wildman–Crippen LogP) is 1.04. The molecule has 0 aromatic heterocycles. The van der Waals surface area contributed by atoms with Gasteiger partial charge in [0.15, 0.2) is 5.78 Å². The van der Waals surface area contributed by atoms with Crippen molar-refractivity contribution < 1.29 is 24.5 Å². The van der Waals surface area contributed by atoms with E-state index in [1.807, 2.05) is 0 Å². The summed E-state index contributed by atoms with van der Waals surface area (Å²) in [6.07, 6.45) is -1.46. The zero-order valence-electron chi connectivity index (χ0n) is 9.64. The summed E-state index contributed by atoms with van der Waals surface area (Å²) < 4.78 is 10.0. The molecule has 0 heterocycles. The molecule has 17 heavy (non-hydrogen) atoms. The van der Waals surface area contributed by atoms with Gasteiger partial charge in [-0.05, 0) is 6.07 Å². The van der Waals surface area contributed by atoms with Crippen molar-refractivity contribution in [3.63, 3.8) is 0 Å². The standard InChI is InChI=1S/C12H14O5/c1-16-6-3-7-11(8(13)4-6)9(14)5-10(17-2)12(7)15/h3-4,10,12-13,15H,5H2,1-2H3/t10-,12-/m0/s1. The van der Waals surface area contributed by atoms with Crippen molar-refractivity contribution in [1.82, 2.24) is 0 Å². The van der Waals surface area contributed by atoms with Crippen molar-refractivity contribution in [2.24, 2.45) is 0 Å². The van der Waals surface area contributed by atoms with Gasteiger partial charge in [-0.25, -0.2) is 0 Å². The van der Waals surface area contributed by atoms with E-state index in [1.54, 1.807) is 6.07 Å². The summed E-state index contributed by atoms with van der Waals surface area (Å²) in [7, 11) is 2.89. The first-order chi connectivity index (χ1) is 8.08. The Morgan fingerprint density at radius 2 is 2.06 bits per heavy atom. The smallest absolute Gasteiger partial charge is 0.169 e. The Morgan fingerprint density at radius 1 is 1.35 bits per heavy atom. The molecule has 2 N–H and O–H groups in total. The van der Waals surface area contributed by atoms with Crippen LogP contribution in [0.1, 0.15) is 28.4 Å². The second kappa shape index (κ2) is 4.35. The molecule has 0 radical (unpaired) electrons. The van der Waals surface area contributed by atoms with Gasteiger partial charge in [-0.15, -0.1) is 0 Å². The zero-order valence-corrected chi connectivity index (χ0v) is 9.64. The molecule has 0 bridgehead atoms. The van der Waals surface area contributed by atoms with Crippen LogP contribution >= 0.6 is 0 Å². The van der Waals surface area contributed by atoms with Crippen molar-refractivity contribution in [3.05, 3.63) is 23.3 Å². The molecule has 0 saturated heterocycles. The molecular formula is C12H14O5. The Kier molecular flexibility index (Phi) is 3.04. The van der Waals surface area contributed by atoms with E-state index in [0.29, 0.717) is 11.3 Å². The number of methoxy groups -OCH3 is 2. The van der Waals surface area contributed by atoms with Gasteiger partial charge in [0.25, 0.3) is 0 Å². The van der Waals surface area contributed by atoms with Crippen molar-refractivity contribution in [2.75, 3.05) is 14.2 Å². The summed E-state index contributed by atoms with van der Waals surface area (Å²) in [5.74, 6) is -0.0138. The number of phenols is 1. The van der Waals surface area contributed by atoms with Gasteiger partial charge in [0, 0.05) is 25.2 Å². The Morgan fingerprint density at radius 3 is 2.65 bits per heavy atom. The number of benzene rings is 1. The number of hydrogen-bond acceptors (Lipinski definition) is 5. The fourth-order valence-corrected chi connectivity index (χ4v) is 2.09. The topological polar surface area (TPSA) is 76.0 Å². The molecule has 2 atom stereocenters. The number of carbonyl (C=O) groups is 1. The third-order valence-corrected chi connectivity index (χ3v) is 3.00. The maximum atomic E-state index is 11.8. The third-order valence-electron chi connectivity index (χ3n) is 3.00. The van der Waals surface area contributed by atoms with Crippen LogP contribution in [0.2, 0.25) is 0 Å². The summed E-state index contributed by atoms with van der Waals surface area (Å²) in [4.78, 5) is 11.8. The molecule has 0 fully saturated rings. The number of hydrogen-bond donors (Lipinski definition) is 2. The fraction of sp³-hybridized carbons (Fsp3) is 0.417. The van der Waals surface area contributed by atoms with Gasteiger partial charge < -0.3 is 19.7 Å². The molecule has 5 nitrogen and oxygen atoms in total. The van der Waals surface area contributed by atoms with Crippen LogP contribution in [-0.4, -0.2) is 36.3 Å². The maximum Gasteiger partial charge on any atom is 0.169 e. The lowest BCUT2D eigenvalue weighted by Crippen LogP contribution is -2.30. The highest BCUT2D eigenvalue weighted by atomic mass is 16.5. The number of phenolic OH excluding ortho intramolecular Hbond substituents is 1. The molecule has 1 aromatic rings. The van der Waals surface area contributed by atoms with Gasteiger partial charge in [0.05, 0.1) is 18.8 Å². The number of aliphatic hydroxyl groups excluding tert-OH is 1. The molecule has 0 aliphatic heterocycles. The monoisotopic (exact) mass is 238 g/mol. The minimum absolute atomic E-state index is 0.0601. The van der Waals surface area contributed by atoms with Crippen LogP contribution < -0.4 is 4.74 Å². The maximum absolute atomic E-state index is 11.8. The molecule has 1 aliphatic rings. The van der Waals surface area contributed by atoms with E-state index >= 15 is 0 Å². The average Bonchev–Trinajstić information content (AvgIpc) is 2.32. The lowest BCUT2D eigenvalue weighted by molar-refractivity contribution is -0.0195. The first kappa shape index (κ1) is 11.9. The van der Waals surface area contributed by atoms with Gasteiger partial charge in [0.1, 0.15) is 17.6 Å². The summed E-state index contributed by atoms with van der Waals surface area (Å²) in [5.41, 5.74) is 0.511. The van der Waals surface area contributed by atoms with Crippen LogP contribution in [0.25, 0.3) is 0 Å². The van der Waals surface area contributed by atoms with Crippen LogP contribution in [0.5, 0.6) is 11.5 Å². The number of carbonyl (C=O) groups excluding carboxylic acids is 1. The second-order valence-corrected chi connectivity index (χ2v) is 3.96. The van der Waals surface area contributed by atoms with E-state index < -0.39 is 12.2 Å². The molecule has 0 spiro atoms. The normalized spacial score (nSPS) is 23.4. The van der Waals surface area contributed by atoms with E-state index in [9.17, 15) is 15.0 Å². The first-order valence-electron chi connectivity index (χ1n) is 5.23. The molecule has 92 valence electrons. The molecule has 1 aliphatic carbocycles. The Labute approximate surface area is 98.6 Å². The van der Waals surface area contributed by atoms with Gasteiger partial charge in [-0.3, -0.25) is 4.79 Å². The van der Waals surface area contributed by atoms with E-state index in [4.69, 9.17) is 9.47 Å². The number of ketones is 1. The summed E-state index contributed by atoms with van der Waals surface area (Å²) in [5, 5.41) is 19.8. The molecule has 0 amide bonds. The van der Waals surface area contributed by atoms with Crippen LogP contribution in [0, 0.1) is 0 Å². The molecule has 1 aromatic carbocycles. The van der Waals surface area contributed by atoms with Crippen molar-refractivity contribution in [1.29, 1.82) is 0 Å². The number of aromatic hydroxyl groups is 1. The van der Waals surface area contributed by atoms with E-state index in [0.717, 1.165) is 0 Å². The Hall–Kier alpha value is -1.59. The van der Waals surface area contributed by atoms with Crippen LogP contribution in [-0.2, 0) is 4.74 Å². The summed E-state index contributed by atoms with van der Waals surface area (Å²) in [6, 6.07) is 2.90. The average molecular weight is 238 g/mol. The van der Waals surface area contributed by atoms with Crippen molar-refractivity contribution >= 4 is 5.78 Å². The fourth-order valence-electron chi connectivity index (χ4n) is 2.09. The molecule has 2 rings (SSSR count).